The summed E-state index contributed by atoms with van der Waals surface area (Å²) in [6.45, 7) is 0. The molecule has 0 unspecified atom stereocenters. The Labute approximate surface area is 236 Å². The maximum atomic E-state index is 4.85. The third-order valence-corrected chi connectivity index (χ3v) is 7.54. The molecule has 0 aliphatic rings. The van der Waals surface area contributed by atoms with Crippen LogP contribution in [0.3, 0.4) is 0 Å². The lowest BCUT2D eigenvalue weighted by molar-refractivity contribution is 0.608. The lowest BCUT2D eigenvalue weighted by atomic mass is 10.0. The number of unbranched alkanes of at least 4 members (excludes halogenated alkanes) is 4. The van der Waals surface area contributed by atoms with Gasteiger partial charge in [-0.1, -0.05) is 104 Å². The molecule has 6 aromatic rings. The molecule has 0 bridgehead atoms. The minimum atomic E-state index is 0.773. The Hall–Kier alpha value is -4.44. The number of nitrogens with zero attached hydrogens (tertiary/aromatic N) is 2. The quantitative estimate of drug-likeness (QED) is 0.157. The van der Waals surface area contributed by atoms with Gasteiger partial charge in [-0.3, -0.25) is 0 Å². The Morgan fingerprint density at radius 1 is 0.550 bits per heavy atom. The molecule has 0 radical (unpaired) electrons. The van der Waals surface area contributed by atoms with Crippen molar-refractivity contribution in [3.05, 3.63) is 126 Å². The molecule has 0 spiro atoms. The van der Waals surface area contributed by atoms with E-state index >= 15 is 0 Å². The average molecular weight is 525 g/mol. The van der Waals surface area contributed by atoms with E-state index in [1.807, 2.05) is 6.07 Å². The Morgan fingerprint density at radius 2 is 1.12 bits per heavy atom. The van der Waals surface area contributed by atoms with E-state index in [9.17, 15) is 0 Å². The van der Waals surface area contributed by atoms with Crippen molar-refractivity contribution in [3.8, 4) is 11.1 Å². The number of fused-ring (bicyclic) bond motifs is 2. The van der Waals surface area contributed by atoms with E-state index < -0.39 is 0 Å². The minimum Gasteiger partial charge on any atom is -0.342 e. The van der Waals surface area contributed by atoms with Gasteiger partial charge in [0, 0.05) is 12.8 Å². The molecule has 0 aliphatic heterocycles. The van der Waals surface area contributed by atoms with Crippen LogP contribution in [0.15, 0.2) is 103 Å². The highest BCUT2D eigenvalue weighted by Crippen LogP contribution is 2.27. The zero-order chi connectivity index (χ0) is 27.0. The highest BCUT2D eigenvalue weighted by atomic mass is 14.9. The van der Waals surface area contributed by atoms with Crippen LogP contribution in [0.5, 0.6) is 0 Å². The first kappa shape index (κ1) is 25.8. The molecule has 0 amide bonds. The predicted octanol–water partition coefficient (Wildman–Crippen LogP) is 9.10. The summed E-state index contributed by atoms with van der Waals surface area (Å²) in [6.07, 6.45) is 13.6. The van der Waals surface area contributed by atoms with Crippen molar-refractivity contribution < 1.29 is 0 Å². The fourth-order valence-electron chi connectivity index (χ4n) is 5.37. The monoisotopic (exact) mass is 524 g/mol. The summed E-state index contributed by atoms with van der Waals surface area (Å²) in [5.74, 6) is 2.07. The van der Waals surface area contributed by atoms with Crippen LogP contribution in [0.1, 0.15) is 54.9 Å². The van der Waals surface area contributed by atoms with E-state index in [0.717, 1.165) is 46.6 Å². The average Bonchev–Trinajstić information content (AvgIpc) is 3.60. The molecule has 4 heteroatoms. The normalized spacial score (nSPS) is 11.7. The van der Waals surface area contributed by atoms with Crippen molar-refractivity contribution in [2.75, 3.05) is 0 Å². The molecule has 0 saturated carbocycles. The van der Waals surface area contributed by atoms with Crippen LogP contribution >= 0.6 is 0 Å². The van der Waals surface area contributed by atoms with Gasteiger partial charge in [-0.05, 0) is 65.8 Å². The molecule has 2 aromatic heterocycles. The fourth-order valence-corrected chi connectivity index (χ4v) is 5.37. The lowest BCUT2D eigenvalue weighted by Gasteiger charge is -2.02. The number of hydrogen-bond donors (Lipinski definition) is 2. The number of nitrogens with one attached hydrogen (secondary N) is 2. The maximum absolute atomic E-state index is 4.85. The molecule has 2 N–H and O–H groups in total. The number of rotatable bonds is 12. The van der Waals surface area contributed by atoms with Crippen molar-refractivity contribution >= 4 is 28.1 Å². The van der Waals surface area contributed by atoms with Gasteiger partial charge in [0.2, 0.25) is 0 Å². The second-order valence-corrected chi connectivity index (χ2v) is 10.6. The van der Waals surface area contributed by atoms with Crippen LogP contribution < -0.4 is 0 Å². The molecule has 0 fully saturated rings. The second kappa shape index (κ2) is 12.6. The van der Waals surface area contributed by atoms with E-state index in [-0.39, 0.29) is 0 Å². The number of hydrogen-bond acceptors (Lipinski definition) is 2. The number of allylic oxidation sites excluding steroid dienone is 1. The maximum Gasteiger partial charge on any atom is 0.111 e. The largest absolute Gasteiger partial charge is 0.342 e. The van der Waals surface area contributed by atoms with E-state index in [0.29, 0.717) is 0 Å². The van der Waals surface area contributed by atoms with Gasteiger partial charge in [0.25, 0.3) is 0 Å². The summed E-state index contributed by atoms with van der Waals surface area (Å²) in [4.78, 5) is 16.7. The number of H-pyrrole nitrogens is 2. The highest BCUT2D eigenvalue weighted by Gasteiger charge is 2.08. The van der Waals surface area contributed by atoms with Crippen LogP contribution in [0.2, 0.25) is 0 Å². The molecule has 4 nitrogen and oxygen atoms in total. The van der Waals surface area contributed by atoms with Gasteiger partial charge in [-0.15, -0.1) is 0 Å². The Kier molecular flexibility index (Phi) is 8.14. The first-order chi connectivity index (χ1) is 19.8. The molecule has 6 rings (SSSR count). The van der Waals surface area contributed by atoms with Crippen LogP contribution in [0.4, 0.5) is 0 Å². The predicted molar refractivity (Wildman–Crippen MR) is 167 cm³/mol. The molecule has 0 aliphatic carbocycles. The Morgan fingerprint density at radius 3 is 1.82 bits per heavy atom. The van der Waals surface area contributed by atoms with Crippen molar-refractivity contribution in [3.63, 3.8) is 0 Å². The third-order valence-electron chi connectivity index (χ3n) is 7.54. The summed E-state index contributed by atoms with van der Waals surface area (Å²) in [5.41, 5.74) is 9.22. The summed E-state index contributed by atoms with van der Waals surface area (Å²) < 4.78 is 0. The van der Waals surface area contributed by atoms with Crippen LogP contribution in [0.25, 0.3) is 39.3 Å². The van der Waals surface area contributed by atoms with Gasteiger partial charge < -0.3 is 9.97 Å². The van der Waals surface area contributed by atoms with Gasteiger partial charge in [-0.25, -0.2) is 9.97 Å². The van der Waals surface area contributed by atoms with Gasteiger partial charge >= 0.3 is 0 Å². The van der Waals surface area contributed by atoms with E-state index in [2.05, 4.69) is 113 Å². The lowest BCUT2D eigenvalue weighted by Crippen LogP contribution is -1.89. The smallest absolute Gasteiger partial charge is 0.111 e. The van der Waals surface area contributed by atoms with Crippen molar-refractivity contribution in [2.24, 2.45) is 0 Å². The van der Waals surface area contributed by atoms with E-state index in [1.165, 1.54) is 60.8 Å². The highest BCUT2D eigenvalue weighted by molar-refractivity contribution is 5.86. The molecule has 4 aromatic carbocycles. The molecule has 2 heterocycles. The summed E-state index contributed by atoms with van der Waals surface area (Å²) in [7, 11) is 0. The van der Waals surface area contributed by atoms with Crippen LogP contribution in [0, 0.1) is 0 Å². The molecular formula is C36H36N4. The summed E-state index contributed by atoms with van der Waals surface area (Å²) in [6, 6.07) is 34.1. The van der Waals surface area contributed by atoms with Crippen molar-refractivity contribution in [1.82, 2.24) is 19.9 Å². The van der Waals surface area contributed by atoms with Crippen LogP contribution in [-0.2, 0) is 19.3 Å². The minimum absolute atomic E-state index is 0.773. The number of imidazole rings is 2. The summed E-state index contributed by atoms with van der Waals surface area (Å²) in [5, 5.41) is 0. The van der Waals surface area contributed by atoms with Gasteiger partial charge in [0.15, 0.2) is 0 Å². The SMILES string of the molecule is C(=C\c1ccccc1)/Cc1nc2ccc(-c3ccc4nc(CCCCCCCc5ccccc5)[nH]c4c3)cc2[nH]1. The number of aromatic nitrogens is 4. The second-order valence-electron chi connectivity index (χ2n) is 10.6. The summed E-state index contributed by atoms with van der Waals surface area (Å²) >= 11 is 0. The van der Waals surface area contributed by atoms with E-state index in [1.54, 1.807) is 0 Å². The molecular weight excluding hydrogens is 488 g/mol. The van der Waals surface area contributed by atoms with Gasteiger partial charge in [-0.2, -0.15) is 0 Å². The zero-order valence-corrected chi connectivity index (χ0v) is 22.9. The van der Waals surface area contributed by atoms with Crippen LogP contribution in [-0.4, -0.2) is 19.9 Å². The number of aromatic amines is 2. The first-order valence-corrected chi connectivity index (χ1v) is 14.5. The Bertz CT molecular complexity index is 1690. The molecule has 0 atom stereocenters. The molecule has 40 heavy (non-hydrogen) atoms. The van der Waals surface area contributed by atoms with Crippen molar-refractivity contribution in [1.29, 1.82) is 0 Å². The fraction of sp³-hybridized carbons (Fsp3) is 0.222. The standard InChI is InChI=1S/C36H36N4/c1(2-6-13-27-14-7-4-8-15-27)3-11-19-35-37-31-23-21-29(25-33(31)39-35)30-22-24-32-34(26-30)40-36(38-32)20-12-18-28-16-9-5-10-17-28/h4-5,7-10,12,14-18,21-26H,1-3,6,11,13,19-20H2,(H,37,39)(H,38,40)/b18-12+. The van der Waals surface area contributed by atoms with Gasteiger partial charge in [0.1, 0.15) is 11.6 Å². The van der Waals surface area contributed by atoms with E-state index in [4.69, 9.17) is 9.97 Å². The first-order valence-electron chi connectivity index (χ1n) is 14.5. The molecule has 0 saturated heterocycles. The number of aryl methyl sites for hydroxylation is 2. The topological polar surface area (TPSA) is 57.4 Å². The number of benzene rings is 4. The zero-order valence-electron chi connectivity index (χ0n) is 22.9. The third kappa shape index (κ3) is 6.58. The Balaban J connectivity index is 1.03. The molecule has 200 valence electrons. The van der Waals surface area contributed by atoms with Gasteiger partial charge in [0.05, 0.1) is 22.1 Å². The van der Waals surface area contributed by atoms with Crippen molar-refractivity contribution in [2.45, 2.75) is 51.4 Å².